The number of halogens is 2. The molecule has 0 saturated heterocycles. The van der Waals surface area contributed by atoms with Crippen molar-refractivity contribution < 1.29 is 18.6 Å². The van der Waals surface area contributed by atoms with Gasteiger partial charge in [-0.3, -0.25) is 0 Å². The molecule has 0 aliphatic heterocycles. The first kappa shape index (κ1) is 14.4. The Kier molecular flexibility index (Phi) is 5.24. The molecule has 5 heteroatoms. The van der Waals surface area contributed by atoms with Crippen molar-refractivity contribution in [3.8, 4) is 0 Å². The Morgan fingerprint density at radius 3 is 2.58 bits per heavy atom. The molecule has 1 unspecified atom stereocenters. The van der Waals surface area contributed by atoms with E-state index in [1.165, 1.54) is 25.0 Å². The van der Waals surface area contributed by atoms with Crippen LogP contribution in [-0.4, -0.2) is 31.0 Å². The number of rotatable bonds is 8. The molecule has 1 fully saturated rings. The van der Waals surface area contributed by atoms with Crippen molar-refractivity contribution in [2.24, 2.45) is 5.92 Å². The topological polar surface area (TPSA) is 41.5 Å². The average Bonchev–Trinajstić information content (AvgIpc) is 3.11. The highest BCUT2D eigenvalue weighted by atomic mass is 19.1. The maximum Gasteiger partial charge on any atom is 0.126 e. The smallest absolute Gasteiger partial charge is 0.126 e. The molecule has 0 aromatic heterocycles. The molecule has 3 nitrogen and oxygen atoms in total. The van der Waals surface area contributed by atoms with Crippen LogP contribution in [-0.2, 0) is 11.3 Å². The summed E-state index contributed by atoms with van der Waals surface area (Å²) in [5.74, 6) is -0.509. The molecule has 1 aromatic carbocycles. The molecule has 2 N–H and O–H groups in total. The zero-order chi connectivity index (χ0) is 13.7. The van der Waals surface area contributed by atoms with Crippen LogP contribution in [0.15, 0.2) is 18.2 Å². The van der Waals surface area contributed by atoms with Crippen molar-refractivity contribution in [2.75, 3.05) is 19.8 Å². The van der Waals surface area contributed by atoms with Gasteiger partial charge in [0.15, 0.2) is 0 Å². The third-order valence-corrected chi connectivity index (χ3v) is 2.99. The van der Waals surface area contributed by atoms with Crippen LogP contribution in [0.5, 0.6) is 0 Å². The highest BCUT2D eigenvalue weighted by Crippen LogP contribution is 2.28. The molecule has 0 amide bonds. The lowest BCUT2D eigenvalue weighted by molar-refractivity contribution is 0.0324. The molecule has 0 heterocycles. The second kappa shape index (κ2) is 6.93. The minimum absolute atomic E-state index is 0.293. The van der Waals surface area contributed by atoms with Gasteiger partial charge in [0.2, 0.25) is 0 Å². The van der Waals surface area contributed by atoms with Gasteiger partial charge in [-0.05, 0) is 36.5 Å². The van der Waals surface area contributed by atoms with E-state index in [4.69, 9.17) is 4.74 Å². The van der Waals surface area contributed by atoms with Crippen molar-refractivity contribution >= 4 is 0 Å². The number of aliphatic hydroxyl groups is 1. The average molecular weight is 271 g/mol. The molecule has 106 valence electrons. The van der Waals surface area contributed by atoms with E-state index in [1.807, 2.05) is 0 Å². The van der Waals surface area contributed by atoms with Gasteiger partial charge in [-0.25, -0.2) is 8.78 Å². The summed E-state index contributed by atoms with van der Waals surface area (Å²) in [6, 6.07) is 3.38. The van der Waals surface area contributed by atoms with E-state index in [0.717, 1.165) is 6.07 Å². The van der Waals surface area contributed by atoms with E-state index in [2.05, 4.69) is 5.32 Å². The summed E-state index contributed by atoms with van der Waals surface area (Å²) in [6.45, 7) is 1.66. The van der Waals surface area contributed by atoms with E-state index in [9.17, 15) is 13.9 Å². The highest BCUT2D eigenvalue weighted by molar-refractivity contribution is 5.17. The molecule has 1 atom stereocenters. The van der Waals surface area contributed by atoms with Crippen LogP contribution in [0.1, 0.15) is 18.4 Å². The molecular formula is C14H19F2NO2. The van der Waals surface area contributed by atoms with Crippen LogP contribution in [0.25, 0.3) is 0 Å². The van der Waals surface area contributed by atoms with Gasteiger partial charge in [-0.2, -0.15) is 0 Å². The Morgan fingerprint density at radius 2 is 1.95 bits per heavy atom. The molecule has 1 saturated carbocycles. The Labute approximate surface area is 111 Å². The van der Waals surface area contributed by atoms with Gasteiger partial charge in [0, 0.05) is 25.8 Å². The second-order valence-electron chi connectivity index (χ2n) is 5.04. The third kappa shape index (κ3) is 5.63. The van der Waals surface area contributed by atoms with Crippen molar-refractivity contribution in [1.82, 2.24) is 5.32 Å². The van der Waals surface area contributed by atoms with E-state index >= 15 is 0 Å². The zero-order valence-electron chi connectivity index (χ0n) is 10.7. The molecule has 1 aliphatic rings. The summed E-state index contributed by atoms with van der Waals surface area (Å²) in [5, 5.41) is 12.6. The summed E-state index contributed by atoms with van der Waals surface area (Å²) in [7, 11) is 0. The predicted octanol–water partition coefficient (Wildman–Crippen LogP) is 1.84. The maximum absolute atomic E-state index is 12.9. The van der Waals surface area contributed by atoms with Gasteiger partial charge >= 0.3 is 0 Å². The van der Waals surface area contributed by atoms with E-state index in [0.29, 0.717) is 37.8 Å². The molecule has 1 aromatic rings. The number of nitrogens with one attached hydrogen (secondary N) is 1. The fraction of sp³-hybridized carbons (Fsp3) is 0.571. The fourth-order valence-electron chi connectivity index (χ4n) is 1.81. The molecule has 0 spiro atoms. The van der Waals surface area contributed by atoms with Crippen molar-refractivity contribution in [3.63, 3.8) is 0 Å². The maximum atomic E-state index is 12.9. The first-order valence-electron chi connectivity index (χ1n) is 6.55. The standard InChI is InChI=1S/C14H19F2NO2/c15-12-3-11(4-13(16)5-12)6-17-7-14(18)9-19-8-10-1-2-10/h3-5,10,14,17-18H,1-2,6-9H2. The van der Waals surface area contributed by atoms with Crippen LogP contribution >= 0.6 is 0 Å². The Balaban J connectivity index is 1.61. The number of hydrogen-bond donors (Lipinski definition) is 2. The van der Waals surface area contributed by atoms with Gasteiger partial charge < -0.3 is 15.2 Å². The molecule has 0 radical (unpaired) electrons. The first-order chi connectivity index (χ1) is 9.13. The van der Waals surface area contributed by atoms with Crippen molar-refractivity contribution in [3.05, 3.63) is 35.4 Å². The van der Waals surface area contributed by atoms with Gasteiger partial charge in [-0.15, -0.1) is 0 Å². The van der Waals surface area contributed by atoms with E-state index < -0.39 is 17.7 Å². The second-order valence-corrected chi connectivity index (χ2v) is 5.04. The first-order valence-corrected chi connectivity index (χ1v) is 6.55. The van der Waals surface area contributed by atoms with Crippen molar-refractivity contribution in [1.29, 1.82) is 0 Å². The normalized spacial score (nSPS) is 16.6. The number of aliphatic hydroxyl groups excluding tert-OH is 1. The molecule has 1 aliphatic carbocycles. The number of ether oxygens (including phenoxy) is 1. The van der Waals surface area contributed by atoms with Crippen LogP contribution in [0.4, 0.5) is 8.78 Å². The lowest BCUT2D eigenvalue weighted by atomic mass is 10.2. The lowest BCUT2D eigenvalue weighted by Gasteiger charge is -2.12. The number of hydrogen-bond acceptors (Lipinski definition) is 3. The Morgan fingerprint density at radius 1 is 1.26 bits per heavy atom. The minimum atomic E-state index is -0.600. The zero-order valence-corrected chi connectivity index (χ0v) is 10.7. The summed E-state index contributed by atoms with van der Waals surface area (Å²) in [5.41, 5.74) is 0.517. The monoisotopic (exact) mass is 271 g/mol. The Bertz CT molecular complexity index is 390. The highest BCUT2D eigenvalue weighted by Gasteiger charge is 2.21. The third-order valence-electron chi connectivity index (χ3n) is 2.99. The van der Waals surface area contributed by atoms with Crippen LogP contribution in [0, 0.1) is 17.6 Å². The van der Waals surface area contributed by atoms with Crippen LogP contribution < -0.4 is 5.32 Å². The SMILES string of the molecule is OC(CNCc1cc(F)cc(F)c1)COCC1CC1. The lowest BCUT2D eigenvalue weighted by Crippen LogP contribution is -2.30. The predicted molar refractivity (Wildman–Crippen MR) is 67.6 cm³/mol. The molecule has 19 heavy (non-hydrogen) atoms. The molecular weight excluding hydrogens is 252 g/mol. The van der Waals surface area contributed by atoms with Gasteiger partial charge in [-0.1, -0.05) is 0 Å². The quantitative estimate of drug-likeness (QED) is 0.758. The largest absolute Gasteiger partial charge is 0.389 e. The summed E-state index contributed by atoms with van der Waals surface area (Å²) in [4.78, 5) is 0. The van der Waals surface area contributed by atoms with Gasteiger partial charge in [0.05, 0.1) is 12.7 Å². The summed E-state index contributed by atoms with van der Waals surface area (Å²) >= 11 is 0. The fourth-order valence-corrected chi connectivity index (χ4v) is 1.81. The summed E-state index contributed by atoms with van der Waals surface area (Å²) < 4.78 is 31.2. The van der Waals surface area contributed by atoms with E-state index in [-0.39, 0.29) is 0 Å². The van der Waals surface area contributed by atoms with Gasteiger partial charge in [0.1, 0.15) is 11.6 Å². The molecule has 0 bridgehead atoms. The summed E-state index contributed by atoms with van der Waals surface area (Å²) in [6.07, 6.45) is 1.84. The minimum Gasteiger partial charge on any atom is -0.389 e. The van der Waals surface area contributed by atoms with E-state index in [1.54, 1.807) is 0 Å². The van der Waals surface area contributed by atoms with Crippen molar-refractivity contribution in [2.45, 2.75) is 25.5 Å². The Hall–Kier alpha value is -1.04. The molecule has 2 rings (SSSR count). The van der Waals surface area contributed by atoms with Crippen LogP contribution in [0.3, 0.4) is 0 Å². The van der Waals surface area contributed by atoms with Crippen LogP contribution in [0.2, 0.25) is 0 Å². The number of benzene rings is 1. The van der Waals surface area contributed by atoms with Gasteiger partial charge in [0.25, 0.3) is 0 Å².